The van der Waals surface area contributed by atoms with Gasteiger partial charge in [0.05, 0.1) is 10.8 Å². The van der Waals surface area contributed by atoms with Crippen molar-refractivity contribution in [2.24, 2.45) is 0 Å². The molecule has 0 aliphatic heterocycles. The molecular formula is C5H6INO. The smallest absolute Gasteiger partial charge is 0.191 e. The van der Waals surface area contributed by atoms with E-state index in [1.54, 1.807) is 7.11 Å². The number of methoxy groups -OCH3 is 1. The lowest BCUT2D eigenvalue weighted by atomic mass is 10.7. The van der Waals surface area contributed by atoms with Crippen LogP contribution in [-0.2, 0) is 0 Å². The van der Waals surface area contributed by atoms with Crippen LogP contribution in [0.15, 0.2) is 12.1 Å². The molecule has 44 valence electrons. The monoisotopic (exact) mass is 223 g/mol. The maximum atomic E-state index is 4.87. The van der Waals surface area contributed by atoms with Gasteiger partial charge in [-0.2, -0.15) is 0 Å². The quantitative estimate of drug-likeness (QED) is 0.719. The number of aromatic amines is 1. The minimum absolute atomic E-state index is 0.814. The van der Waals surface area contributed by atoms with Gasteiger partial charge in [-0.1, -0.05) is 0 Å². The summed E-state index contributed by atoms with van der Waals surface area (Å²) in [6, 6.07) is 3.85. The molecule has 0 aliphatic rings. The summed E-state index contributed by atoms with van der Waals surface area (Å²) in [4.78, 5) is 2.99. The van der Waals surface area contributed by atoms with Gasteiger partial charge in [-0.15, -0.1) is 0 Å². The van der Waals surface area contributed by atoms with Crippen LogP contribution in [0.25, 0.3) is 0 Å². The van der Waals surface area contributed by atoms with Crippen LogP contribution < -0.4 is 4.74 Å². The fourth-order valence-electron chi connectivity index (χ4n) is 0.469. The van der Waals surface area contributed by atoms with Gasteiger partial charge in [0.15, 0.2) is 5.88 Å². The molecule has 2 nitrogen and oxygen atoms in total. The van der Waals surface area contributed by atoms with E-state index in [9.17, 15) is 0 Å². The van der Waals surface area contributed by atoms with E-state index in [4.69, 9.17) is 4.74 Å². The Balaban J connectivity index is 2.84. The number of nitrogens with one attached hydrogen (secondary N) is 1. The number of hydrogen-bond acceptors (Lipinski definition) is 1. The predicted molar refractivity (Wildman–Crippen MR) is 40.1 cm³/mol. The van der Waals surface area contributed by atoms with Crippen molar-refractivity contribution in [2.45, 2.75) is 0 Å². The van der Waals surface area contributed by atoms with Gasteiger partial charge < -0.3 is 9.72 Å². The van der Waals surface area contributed by atoms with Gasteiger partial charge in [0.1, 0.15) is 0 Å². The van der Waals surface area contributed by atoms with Gasteiger partial charge in [-0.05, 0) is 28.7 Å². The molecular weight excluding hydrogens is 217 g/mol. The highest BCUT2D eigenvalue weighted by Gasteiger charge is 1.90. The summed E-state index contributed by atoms with van der Waals surface area (Å²) >= 11 is 2.19. The van der Waals surface area contributed by atoms with Crippen LogP contribution in [0.4, 0.5) is 0 Å². The fraction of sp³-hybridized carbons (Fsp3) is 0.200. The third kappa shape index (κ3) is 1.15. The molecule has 3 heteroatoms. The number of rotatable bonds is 1. The average molecular weight is 223 g/mol. The first-order valence-corrected chi connectivity index (χ1v) is 3.29. The summed E-state index contributed by atoms with van der Waals surface area (Å²) in [5, 5.41) is 0. The van der Waals surface area contributed by atoms with Crippen molar-refractivity contribution in [2.75, 3.05) is 7.11 Å². The third-order valence-electron chi connectivity index (χ3n) is 0.844. The van der Waals surface area contributed by atoms with Crippen LogP contribution >= 0.6 is 22.6 Å². The molecule has 0 atom stereocenters. The Bertz CT molecular complexity index is 173. The topological polar surface area (TPSA) is 25.0 Å². The summed E-state index contributed by atoms with van der Waals surface area (Å²) < 4.78 is 5.97. The van der Waals surface area contributed by atoms with Crippen molar-refractivity contribution in [3.63, 3.8) is 0 Å². The Labute approximate surface area is 61.4 Å². The van der Waals surface area contributed by atoms with Gasteiger partial charge in [0.2, 0.25) is 0 Å². The molecule has 0 aliphatic carbocycles. The molecule has 1 aromatic heterocycles. The molecule has 0 radical (unpaired) electrons. The number of ether oxygens (including phenoxy) is 1. The van der Waals surface area contributed by atoms with Crippen LogP contribution in [0.2, 0.25) is 0 Å². The van der Waals surface area contributed by atoms with Gasteiger partial charge >= 0.3 is 0 Å². The van der Waals surface area contributed by atoms with Crippen LogP contribution in [-0.4, -0.2) is 12.1 Å². The molecule has 0 aromatic carbocycles. The molecule has 0 unspecified atom stereocenters. The largest absolute Gasteiger partial charge is 0.482 e. The molecule has 1 N–H and O–H groups in total. The normalized spacial score (nSPS) is 9.25. The second kappa shape index (κ2) is 2.39. The van der Waals surface area contributed by atoms with Crippen LogP contribution in [0.3, 0.4) is 0 Å². The lowest BCUT2D eigenvalue weighted by Crippen LogP contribution is -1.80. The maximum absolute atomic E-state index is 4.87. The highest BCUT2D eigenvalue weighted by Crippen LogP contribution is 2.09. The summed E-state index contributed by atoms with van der Waals surface area (Å²) in [7, 11) is 1.64. The lowest BCUT2D eigenvalue weighted by Gasteiger charge is -1.89. The number of hydrogen-bond donors (Lipinski definition) is 1. The Morgan fingerprint density at radius 2 is 2.38 bits per heavy atom. The number of H-pyrrole nitrogens is 1. The minimum Gasteiger partial charge on any atom is -0.482 e. The summed E-state index contributed by atoms with van der Waals surface area (Å²) in [6.07, 6.45) is 0. The molecule has 8 heavy (non-hydrogen) atoms. The van der Waals surface area contributed by atoms with Gasteiger partial charge in [-0.25, -0.2) is 0 Å². The first-order valence-electron chi connectivity index (χ1n) is 2.21. The first kappa shape index (κ1) is 5.94. The third-order valence-corrected chi connectivity index (χ3v) is 1.47. The predicted octanol–water partition coefficient (Wildman–Crippen LogP) is 1.63. The van der Waals surface area contributed by atoms with Crippen molar-refractivity contribution >= 4 is 22.6 Å². The van der Waals surface area contributed by atoms with Crippen LogP contribution in [0.5, 0.6) is 5.88 Å². The lowest BCUT2D eigenvalue weighted by molar-refractivity contribution is 0.400. The molecule has 0 fully saturated rings. The van der Waals surface area contributed by atoms with E-state index in [1.807, 2.05) is 12.1 Å². The van der Waals surface area contributed by atoms with Crippen molar-refractivity contribution in [1.82, 2.24) is 4.98 Å². The van der Waals surface area contributed by atoms with Gasteiger partial charge in [0.25, 0.3) is 0 Å². The zero-order chi connectivity index (χ0) is 5.98. The number of aromatic nitrogens is 1. The highest BCUT2D eigenvalue weighted by atomic mass is 127. The molecule has 1 aromatic rings. The van der Waals surface area contributed by atoms with E-state index < -0.39 is 0 Å². The maximum Gasteiger partial charge on any atom is 0.191 e. The number of halogens is 1. The Morgan fingerprint density at radius 1 is 1.62 bits per heavy atom. The standard InChI is InChI=1S/C5H6INO/c1-8-5-3-2-4(6)7-5/h2-3,7H,1H3. The molecule has 1 rings (SSSR count). The zero-order valence-electron chi connectivity index (χ0n) is 4.44. The average Bonchev–Trinajstić information content (AvgIpc) is 2.14. The Morgan fingerprint density at radius 3 is 2.62 bits per heavy atom. The highest BCUT2D eigenvalue weighted by molar-refractivity contribution is 14.1. The second-order valence-corrected chi connectivity index (χ2v) is 2.54. The van der Waals surface area contributed by atoms with Crippen molar-refractivity contribution in [1.29, 1.82) is 0 Å². The fourth-order valence-corrected chi connectivity index (χ4v) is 0.915. The van der Waals surface area contributed by atoms with Crippen molar-refractivity contribution < 1.29 is 4.74 Å². The minimum atomic E-state index is 0.814. The molecule has 0 saturated heterocycles. The van der Waals surface area contributed by atoms with Crippen molar-refractivity contribution in [3.8, 4) is 5.88 Å². The van der Waals surface area contributed by atoms with E-state index in [0.717, 1.165) is 9.58 Å². The summed E-state index contributed by atoms with van der Waals surface area (Å²) in [5.74, 6) is 0.814. The van der Waals surface area contributed by atoms with Crippen LogP contribution in [0.1, 0.15) is 0 Å². The molecule has 0 bridgehead atoms. The molecule has 1 heterocycles. The Hall–Kier alpha value is -0.190. The van der Waals surface area contributed by atoms with Crippen molar-refractivity contribution in [3.05, 3.63) is 15.8 Å². The molecule has 0 amide bonds. The second-order valence-electron chi connectivity index (χ2n) is 1.37. The zero-order valence-corrected chi connectivity index (χ0v) is 6.60. The van der Waals surface area contributed by atoms with E-state index in [0.29, 0.717) is 0 Å². The van der Waals surface area contributed by atoms with Gasteiger partial charge in [0, 0.05) is 6.07 Å². The van der Waals surface area contributed by atoms with E-state index >= 15 is 0 Å². The van der Waals surface area contributed by atoms with E-state index in [2.05, 4.69) is 27.6 Å². The first-order chi connectivity index (χ1) is 3.83. The Kier molecular flexibility index (Phi) is 1.77. The molecule has 0 saturated carbocycles. The summed E-state index contributed by atoms with van der Waals surface area (Å²) in [5.41, 5.74) is 0. The molecule has 0 spiro atoms. The van der Waals surface area contributed by atoms with E-state index in [-0.39, 0.29) is 0 Å². The van der Waals surface area contributed by atoms with Crippen LogP contribution in [0, 0.1) is 3.70 Å². The van der Waals surface area contributed by atoms with Gasteiger partial charge in [-0.3, -0.25) is 0 Å². The van der Waals surface area contributed by atoms with E-state index in [1.165, 1.54) is 0 Å². The SMILES string of the molecule is COc1ccc(I)[nH]1. The summed E-state index contributed by atoms with van der Waals surface area (Å²) in [6.45, 7) is 0.